The van der Waals surface area contributed by atoms with E-state index in [2.05, 4.69) is 79.0 Å². The zero-order chi connectivity index (χ0) is 14.2. The van der Waals surface area contributed by atoms with Gasteiger partial charge >= 0.3 is 0 Å². The van der Waals surface area contributed by atoms with E-state index < -0.39 is 0 Å². The Kier molecular flexibility index (Phi) is 2.97. The molecular weight excluding hydrogens is 274 g/mol. The summed E-state index contributed by atoms with van der Waals surface area (Å²) in [5.74, 6) is 0. The van der Waals surface area contributed by atoms with Crippen LogP contribution in [0.15, 0.2) is 76.5 Å². The van der Waals surface area contributed by atoms with Gasteiger partial charge in [-0.1, -0.05) is 60.3 Å². The van der Waals surface area contributed by atoms with E-state index in [0.717, 1.165) is 0 Å². The number of benzene rings is 3. The second-order valence-electron chi connectivity index (χ2n) is 5.22. The summed E-state index contributed by atoms with van der Waals surface area (Å²) in [6.45, 7) is 2.17. The maximum atomic E-state index is 3.61. The van der Waals surface area contributed by atoms with Crippen molar-refractivity contribution in [2.45, 2.75) is 16.7 Å². The fraction of sp³-hybridized carbons (Fsp3) is 0.0526. The molecule has 1 heterocycles. The van der Waals surface area contributed by atoms with Gasteiger partial charge in [0, 0.05) is 15.4 Å². The standard InChI is InChI=1S/C19H15NS/c1-13-7-2-3-8-14(13)15-9-6-12-18-19(15)20-16-10-4-5-11-17(16)21-18/h2-12,20H,1H3. The predicted molar refractivity (Wildman–Crippen MR) is 90.5 cm³/mol. The number of hydrogen-bond donors (Lipinski definition) is 1. The largest absolute Gasteiger partial charge is 0.353 e. The van der Waals surface area contributed by atoms with Crippen LogP contribution in [0.1, 0.15) is 5.56 Å². The molecule has 0 bridgehead atoms. The van der Waals surface area contributed by atoms with Gasteiger partial charge in [-0.3, -0.25) is 0 Å². The molecule has 3 aromatic carbocycles. The molecule has 0 aromatic heterocycles. The Labute approximate surface area is 129 Å². The van der Waals surface area contributed by atoms with Gasteiger partial charge in [-0.15, -0.1) is 0 Å². The minimum absolute atomic E-state index is 1.19. The van der Waals surface area contributed by atoms with Crippen LogP contribution in [0.5, 0.6) is 0 Å². The van der Waals surface area contributed by atoms with Crippen molar-refractivity contribution in [2.24, 2.45) is 0 Å². The topological polar surface area (TPSA) is 12.0 Å². The molecule has 0 amide bonds. The number of anilines is 2. The Balaban J connectivity index is 1.89. The van der Waals surface area contributed by atoms with E-state index in [4.69, 9.17) is 0 Å². The average Bonchev–Trinajstić information content (AvgIpc) is 2.53. The molecule has 0 atom stereocenters. The van der Waals surface area contributed by atoms with Crippen molar-refractivity contribution in [3.63, 3.8) is 0 Å². The maximum Gasteiger partial charge on any atom is 0.0606 e. The van der Waals surface area contributed by atoms with E-state index in [9.17, 15) is 0 Å². The summed E-state index contributed by atoms with van der Waals surface area (Å²) < 4.78 is 0. The van der Waals surface area contributed by atoms with Crippen LogP contribution in [0.3, 0.4) is 0 Å². The first-order valence-electron chi connectivity index (χ1n) is 7.06. The summed E-state index contributed by atoms with van der Waals surface area (Å²) >= 11 is 1.83. The molecule has 0 saturated carbocycles. The van der Waals surface area contributed by atoms with Crippen molar-refractivity contribution in [1.29, 1.82) is 0 Å². The lowest BCUT2D eigenvalue weighted by molar-refractivity contribution is 1.31. The molecule has 3 aromatic rings. The average molecular weight is 289 g/mol. The minimum atomic E-state index is 1.19. The van der Waals surface area contributed by atoms with E-state index in [1.54, 1.807) is 0 Å². The first kappa shape index (κ1) is 12.5. The minimum Gasteiger partial charge on any atom is -0.353 e. The van der Waals surface area contributed by atoms with Gasteiger partial charge < -0.3 is 5.32 Å². The highest BCUT2D eigenvalue weighted by Crippen LogP contribution is 2.47. The Morgan fingerprint density at radius 2 is 1.43 bits per heavy atom. The number of rotatable bonds is 1. The van der Waals surface area contributed by atoms with Crippen molar-refractivity contribution < 1.29 is 0 Å². The van der Waals surface area contributed by atoms with E-state index in [-0.39, 0.29) is 0 Å². The second kappa shape index (κ2) is 4.97. The molecule has 1 aliphatic heterocycles. The van der Waals surface area contributed by atoms with Crippen LogP contribution in [-0.2, 0) is 0 Å². The van der Waals surface area contributed by atoms with Crippen LogP contribution in [0.25, 0.3) is 11.1 Å². The van der Waals surface area contributed by atoms with Crippen molar-refractivity contribution in [1.82, 2.24) is 0 Å². The van der Waals surface area contributed by atoms with E-state index in [1.165, 1.54) is 37.9 Å². The molecule has 21 heavy (non-hydrogen) atoms. The maximum absolute atomic E-state index is 3.61. The lowest BCUT2D eigenvalue weighted by Crippen LogP contribution is -2.01. The summed E-state index contributed by atoms with van der Waals surface area (Å²) in [4.78, 5) is 2.57. The van der Waals surface area contributed by atoms with E-state index >= 15 is 0 Å². The quantitative estimate of drug-likeness (QED) is 0.470. The third kappa shape index (κ3) is 2.12. The molecule has 102 valence electrons. The van der Waals surface area contributed by atoms with Gasteiger partial charge in [-0.2, -0.15) is 0 Å². The summed E-state index contributed by atoms with van der Waals surface area (Å²) in [6, 6.07) is 23.5. The Bertz CT molecular complexity index is 823. The fourth-order valence-corrected chi connectivity index (χ4v) is 3.78. The van der Waals surface area contributed by atoms with Crippen molar-refractivity contribution in [3.8, 4) is 11.1 Å². The number of fused-ring (bicyclic) bond motifs is 2. The van der Waals surface area contributed by atoms with Crippen LogP contribution in [0.4, 0.5) is 11.4 Å². The Morgan fingerprint density at radius 1 is 0.714 bits per heavy atom. The van der Waals surface area contributed by atoms with Crippen molar-refractivity contribution >= 4 is 23.1 Å². The molecule has 0 fully saturated rings. The zero-order valence-corrected chi connectivity index (χ0v) is 12.6. The van der Waals surface area contributed by atoms with Gasteiger partial charge in [0.15, 0.2) is 0 Å². The SMILES string of the molecule is Cc1ccccc1-c1cccc2c1Nc1ccccc1S2. The van der Waals surface area contributed by atoms with Crippen LogP contribution in [0.2, 0.25) is 0 Å². The molecule has 0 radical (unpaired) electrons. The Hall–Kier alpha value is -2.19. The summed E-state index contributed by atoms with van der Waals surface area (Å²) in [7, 11) is 0. The summed E-state index contributed by atoms with van der Waals surface area (Å²) in [6.07, 6.45) is 0. The molecular formula is C19H15NS. The third-order valence-corrected chi connectivity index (χ3v) is 4.96. The zero-order valence-electron chi connectivity index (χ0n) is 11.8. The molecule has 2 heteroatoms. The van der Waals surface area contributed by atoms with Gasteiger partial charge in [0.25, 0.3) is 0 Å². The smallest absolute Gasteiger partial charge is 0.0606 e. The van der Waals surface area contributed by atoms with Gasteiger partial charge in [-0.25, -0.2) is 0 Å². The van der Waals surface area contributed by atoms with E-state index in [0.29, 0.717) is 0 Å². The molecule has 1 nitrogen and oxygen atoms in total. The molecule has 1 N–H and O–H groups in total. The van der Waals surface area contributed by atoms with Crippen LogP contribution in [0, 0.1) is 6.92 Å². The lowest BCUT2D eigenvalue weighted by atomic mass is 9.99. The normalized spacial score (nSPS) is 12.2. The highest BCUT2D eigenvalue weighted by atomic mass is 32.2. The fourth-order valence-electron chi connectivity index (χ4n) is 2.76. The van der Waals surface area contributed by atoms with Gasteiger partial charge in [0.1, 0.15) is 0 Å². The highest BCUT2D eigenvalue weighted by Gasteiger charge is 2.18. The molecule has 0 unspecified atom stereocenters. The summed E-state index contributed by atoms with van der Waals surface area (Å²) in [5, 5.41) is 3.61. The van der Waals surface area contributed by atoms with Crippen LogP contribution >= 0.6 is 11.8 Å². The molecule has 4 rings (SSSR count). The van der Waals surface area contributed by atoms with Crippen molar-refractivity contribution in [2.75, 3.05) is 5.32 Å². The molecule has 0 spiro atoms. The van der Waals surface area contributed by atoms with Gasteiger partial charge in [0.2, 0.25) is 0 Å². The number of nitrogens with one attached hydrogen (secondary N) is 1. The molecule has 1 aliphatic rings. The first-order chi connectivity index (χ1) is 10.3. The van der Waals surface area contributed by atoms with E-state index in [1.807, 2.05) is 11.8 Å². The highest BCUT2D eigenvalue weighted by molar-refractivity contribution is 7.99. The lowest BCUT2D eigenvalue weighted by Gasteiger charge is -2.23. The summed E-state index contributed by atoms with van der Waals surface area (Å²) in [5.41, 5.74) is 6.28. The Morgan fingerprint density at radius 3 is 2.33 bits per heavy atom. The molecule has 0 aliphatic carbocycles. The monoisotopic (exact) mass is 289 g/mol. The van der Waals surface area contributed by atoms with Gasteiger partial charge in [0.05, 0.1) is 11.4 Å². The number of hydrogen-bond acceptors (Lipinski definition) is 2. The predicted octanol–water partition coefficient (Wildman–Crippen LogP) is 5.87. The third-order valence-electron chi connectivity index (χ3n) is 3.83. The number of para-hydroxylation sites is 2. The molecule has 0 saturated heterocycles. The van der Waals surface area contributed by atoms with Crippen molar-refractivity contribution in [3.05, 3.63) is 72.3 Å². The second-order valence-corrected chi connectivity index (χ2v) is 6.30. The van der Waals surface area contributed by atoms with Crippen LogP contribution < -0.4 is 5.32 Å². The first-order valence-corrected chi connectivity index (χ1v) is 7.87. The van der Waals surface area contributed by atoms with Gasteiger partial charge in [-0.05, 0) is 36.2 Å². The van der Waals surface area contributed by atoms with Crippen LogP contribution in [-0.4, -0.2) is 0 Å². The number of aryl methyl sites for hydroxylation is 1.